The second kappa shape index (κ2) is 17.5. The largest absolute Gasteiger partial charge is 0.382 e. The molecule has 1 N–H and O–H groups in total. The molecule has 194 valence electrons. The first-order valence-electron chi connectivity index (χ1n) is 11.6. The molecule has 35 heavy (non-hydrogen) atoms. The van der Waals surface area contributed by atoms with Crippen LogP contribution in [0.25, 0.3) is 0 Å². The van der Waals surface area contributed by atoms with E-state index in [0.29, 0.717) is 37.4 Å². The number of carbonyl (C=O) groups excluding carboxylic acids is 3. The third kappa shape index (κ3) is 10.1. The highest BCUT2D eigenvalue weighted by atomic mass is 32.2. The molecule has 0 bridgehead atoms. The number of amides is 1. The third-order valence-corrected chi connectivity index (χ3v) is 5.64. The number of piperazine rings is 1. The van der Waals surface area contributed by atoms with Crippen LogP contribution in [0.3, 0.4) is 0 Å². The number of thioether (sulfide) groups is 1. The number of hydrogen-bond donors (Lipinski definition) is 1. The Morgan fingerprint density at radius 1 is 1.03 bits per heavy atom. The molecular formula is C27H40FN3O3S. The molecule has 3 rings (SSSR count). The molecule has 8 heteroatoms. The molecule has 1 amide bonds. The second-order valence-electron chi connectivity index (χ2n) is 8.15. The lowest BCUT2D eigenvalue weighted by Crippen LogP contribution is -2.49. The molecule has 1 saturated heterocycles. The van der Waals surface area contributed by atoms with Crippen molar-refractivity contribution in [3.63, 3.8) is 0 Å². The van der Waals surface area contributed by atoms with E-state index in [0.717, 1.165) is 16.1 Å². The van der Waals surface area contributed by atoms with Gasteiger partial charge in [0.2, 0.25) is 0 Å². The number of nitrogens with zero attached hydrogens (tertiary/aromatic N) is 2. The van der Waals surface area contributed by atoms with Gasteiger partial charge in [-0.2, -0.15) is 0 Å². The van der Waals surface area contributed by atoms with E-state index in [9.17, 15) is 9.18 Å². The molecule has 0 aliphatic carbocycles. The highest BCUT2D eigenvalue weighted by molar-refractivity contribution is 7.98. The van der Waals surface area contributed by atoms with E-state index in [1.54, 1.807) is 6.07 Å². The van der Waals surface area contributed by atoms with Crippen molar-refractivity contribution in [3.05, 3.63) is 53.3 Å². The topological polar surface area (TPSA) is 69.7 Å². The van der Waals surface area contributed by atoms with E-state index in [2.05, 4.69) is 33.0 Å². The summed E-state index contributed by atoms with van der Waals surface area (Å²) in [4.78, 5) is 33.9. The maximum absolute atomic E-state index is 14.4. The van der Waals surface area contributed by atoms with Crippen molar-refractivity contribution in [2.24, 2.45) is 0 Å². The van der Waals surface area contributed by atoms with Crippen molar-refractivity contribution < 1.29 is 18.8 Å². The number of halogens is 1. The lowest BCUT2D eigenvalue weighted by molar-refractivity contribution is -0.0987. The van der Waals surface area contributed by atoms with Gasteiger partial charge in [0, 0.05) is 42.8 Å². The molecule has 1 fully saturated rings. The van der Waals surface area contributed by atoms with Crippen LogP contribution in [0.4, 0.5) is 15.8 Å². The highest BCUT2D eigenvalue weighted by Gasteiger charge is 2.25. The average molecular weight is 506 g/mol. The van der Waals surface area contributed by atoms with Gasteiger partial charge in [-0.3, -0.25) is 4.79 Å². The Labute approximate surface area is 214 Å². The molecule has 2 aromatic rings. The fourth-order valence-corrected chi connectivity index (χ4v) is 3.89. The number of benzene rings is 2. The van der Waals surface area contributed by atoms with Crippen molar-refractivity contribution in [2.45, 2.75) is 52.0 Å². The lowest BCUT2D eigenvalue weighted by Gasteiger charge is -2.36. The molecule has 0 spiro atoms. The lowest BCUT2D eigenvalue weighted by atomic mass is 10.1. The van der Waals surface area contributed by atoms with Crippen LogP contribution in [0.2, 0.25) is 0 Å². The first kappa shape index (κ1) is 32.1. The molecule has 2 aromatic carbocycles. The molecule has 0 unspecified atom stereocenters. The van der Waals surface area contributed by atoms with Crippen molar-refractivity contribution in [1.29, 1.82) is 0 Å². The number of anilines is 2. The van der Waals surface area contributed by atoms with Crippen LogP contribution >= 0.6 is 11.8 Å². The molecule has 1 aliphatic heterocycles. The monoisotopic (exact) mass is 505 g/mol. The summed E-state index contributed by atoms with van der Waals surface area (Å²) < 4.78 is 14.4. The Hall–Kier alpha value is -2.87. The first-order valence-corrected chi connectivity index (χ1v) is 12.9. The molecule has 1 aliphatic rings. The van der Waals surface area contributed by atoms with Gasteiger partial charge in [-0.05, 0) is 57.4 Å². The second-order valence-corrected chi connectivity index (χ2v) is 9.03. The minimum atomic E-state index is -0.200. The smallest absolute Gasteiger partial charge is 0.256 e. The Morgan fingerprint density at radius 2 is 1.60 bits per heavy atom. The molecule has 0 radical (unpaired) electrons. The predicted octanol–water partition coefficient (Wildman–Crippen LogP) is 5.69. The molecule has 0 atom stereocenters. The normalized spacial score (nSPS) is 12.3. The van der Waals surface area contributed by atoms with Crippen molar-refractivity contribution in [1.82, 2.24) is 4.90 Å². The zero-order valence-corrected chi connectivity index (χ0v) is 22.7. The van der Waals surface area contributed by atoms with Gasteiger partial charge in [-0.25, -0.2) is 4.39 Å². The van der Waals surface area contributed by atoms with Crippen molar-refractivity contribution in [2.75, 3.05) is 42.7 Å². The van der Waals surface area contributed by atoms with Gasteiger partial charge in [0.25, 0.3) is 5.91 Å². The predicted molar refractivity (Wildman–Crippen MR) is 146 cm³/mol. The molecule has 6 nitrogen and oxygen atoms in total. The minimum Gasteiger partial charge on any atom is -0.382 e. The van der Waals surface area contributed by atoms with Crippen LogP contribution in [0.1, 0.15) is 50.0 Å². The van der Waals surface area contributed by atoms with Crippen molar-refractivity contribution in [3.8, 4) is 0 Å². The van der Waals surface area contributed by atoms with E-state index < -0.39 is 0 Å². The number of nitrogens with one attached hydrogen (secondary N) is 1. The molecule has 0 aromatic heterocycles. The SMILES string of the molecule is C=O.C=O.CCC.CSc1ccc(N2CCN(C(=O)c3cc(C)ccc3NC(C)C)CC2)c(F)c1. The van der Waals surface area contributed by atoms with E-state index in [4.69, 9.17) is 9.59 Å². The summed E-state index contributed by atoms with van der Waals surface area (Å²) in [5, 5.41) is 3.36. The van der Waals surface area contributed by atoms with Crippen LogP contribution in [0, 0.1) is 12.7 Å². The maximum Gasteiger partial charge on any atom is 0.256 e. The summed E-state index contributed by atoms with van der Waals surface area (Å²) in [7, 11) is 0. The van der Waals surface area contributed by atoms with Gasteiger partial charge in [0.15, 0.2) is 0 Å². The van der Waals surface area contributed by atoms with Gasteiger partial charge in [0.1, 0.15) is 19.4 Å². The summed E-state index contributed by atoms with van der Waals surface area (Å²) >= 11 is 1.53. The summed E-state index contributed by atoms with van der Waals surface area (Å²) in [5.74, 6) is -0.168. The van der Waals surface area contributed by atoms with Crippen LogP contribution in [0.5, 0.6) is 0 Å². The Balaban J connectivity index is 0.00000150. The van der Waals surface area contributed by atoms with Gasteiger partial charge >= 0.3 is 0 Å². The fourth-order valence-electron chi connectivity index (χ4n) is 3.46. The molecule has 0 saturated carbocycles. The molecule has 1 heterocycles. The van der Waals surface area contributed by atoms with Crippen LogP contribution in [-0.4, -0.2) is 62.9 Å². The summed E-state index contributed by atoms with van der Waals surface area (Å²) in [6.07, 6.45) is 3.19. The fraction of sp³-hybridized carbons (Fsp3) is 0.444. The average Bonchev–Trinajstić information content (AvgIpc) is 2.87. The van der Waals surface area contributed by atoms with Gasteiger partial charge < -0.3 is 24.7 Å². The van der Waals surface area contributed by atoms with Gasteiger partial charge in [-0.15, -0.1) is 11.8 Å². The van der Waals surface area contributed by atoms with Crippen LogP contribution < -0.4 is 10.2 Å². The highest BCUT2D eigenvalue weighted by Crippen LogP contribution is 2.26. The van der Waals surface area contributed by atoms with Gasteiger partial charge in [0.05, 0.1) is 11.3 Å². The summed E-state index contributed by atoms with van der Waals surface area (Å²) in [6, 6.07) is 11.5. The number of hydrogen-bond acceptors (Lipinski definition) is 6. The van der Waals surface area contributed by atoms with E-state index >= 15 is 0 Å². The first-order chi connectivity index (χ1) is 16.8. The number of carbonyl (C=O) groups is 3. The Kier molecular flexibility index (Phi) is 16.1. The Morgan fingerprint density at radius 3 is 2.09 bits per heavy atom. The number of rotatable bonds is 5. The summed E-state index contributed by atoms with van der Waals surface area (Å²) in [6.45, 7) is 16.8. The summed E-state index contributed by atoms with van der Waals surface area (Å²) in [5.41, 5.74) is 3.25. The maximum atomic E-state index is 14.4. The third-order valence-electron chi connectivity index (χ3n) is 4.91. The van der Waals surface area contributed by atoms with Crippen molar-refractivity contribution >= 4 is 42.6 Å². The zero-order chi connectivity index (χ0) is 27.0. The molecular weight excluding hydrogens is 465 g/mol. The quantitative estimate of drug-likeness (QED) is 0.527. The van der Waals surface area contributed by atoms with E-state index in [1.165, 1.54) is 18.2 Å². The minimum absolute atomic E-state index is 0.0321. The van der Waals surface area contributed by atoms with E-state index in [-0.39, 0.29) is 17.8 Å². The van der Waals surface area contributed by atoms with E-state index in [1.807, 2.05) is 66.9 Å². The number of aryl methyl sites for hydroxylation is 1. The van der Waals surface area contributed by atoms with Crippen LogP contribution in [0.15, 0.2) is 41.3 Å². The Bertz CT molecular complexity index is 901. The zero-order valence-electron chi connectivity index (χ0n) is 21.9. The van der Waals surface area contributed by atoms with Gasteiger partial charge in [-0.1, -0.05) is 31.9 Å². The van der Waals surface area contributed by atoms with Crippen LogP contribution in [-0.2, 0) is 9.59 Å². The standard InChI is InChI=1S/C22H28FN3OS.C3H8.2CH2O/c1-15(2)24-20-7-5-16(3)13-18(20)22(27)26-11-9-25(10-12-26)21-8-6-17(28-4)14-19(21)23;1-3-2;2*1-2/h5-8,13-15,24H,9-12H2,1-4H3;3H2,1-2H3;2*1H2.